The molecule has 2 aromatic rings. The van der Waals surface area contributed by atoms with Crippen LogP contribution in [0.25, 0.3) is 10.8 Å². The standard InChI is InChI=1S/C15H10/c1-3-7-13-9-6-11-14-10-5-8-12(4-2)15(13)14/h2,5-6,8-11H,1H3. The van der Waals surface area contributed by atoms with Crippen molar-refractivity contribution in [1.29, 1.82) is 0 Å². The molecule has 0 atom stereocenters. The van der Waals surface area contributed by atoms with E-state index in [2.05, 4.69) is 29.9 Å². The Kier molecular flexibility index (Phi) is 2.44. The Morgan fingerprint density at radius 3 is 2.27 bits per heavy atom. The zero-order chi connectivity index (χ0) is 10.7. The Morgan fingerprint density at radius 2 is 1.67 bits per heavy atom. The van der Waals surface area contributed by atoms with Gasteiger partial charge in [-0.05, 0) is 24.4 Å². The van der Waals surface area contributed by atoms with Crippen molar-refractivity contribution in [3.63, 3.8) is 0 Å². The first-order valence-corrected chi connectivity index (χ1v) is 4.78. The highest BCUT2D eigenvalue weighted by Crippen LogP contribution is 2.21. The van der Waals surface area contributed by atoms with Gasteiger partial charge in [-0.15, -0.1) is 12.3 Å². The molecule has 0 spiro atoms. The lowest BCUT2D eigenvalue weighted by molar-refractivity contribution is 1.66. The maximum atomic E-state index is 5.48. The van der Waals surface area contributed by atoms with Crippen LogP contribution in [0.4, 0.5) is 0 Å². The van der Waals surface area contributed by atoms with Gasteiger partial charge in [-0.2, -0.15) is 0 Å². The molecular formula is C15H10. The van der Waals surface area contributed by atoms with E-state index in [1.165, 1.54) is 0 Å². The molecule has 0 aliphatic carbocycles. The molecule has 0 heteroatoms. The van der Waals surface area contributed by atoms with E-state index in [-0.39, 0.29) is 0 Å². The first-order valence-electron chi connectivity index (χ1n) is 4.78. The van der Waals surface area contributed by atoms with Crippen LogP contribution in [0.3, 0.4) is 0 Å². The van der Waals surface area contributed by atoms with Crippen LogP contribution < -0.4 is 0 Å². The van der Waals surface area contributed by atoms with Crippen LogP contribution in [-0.2, 0) is 0 Å². The van der Waals surface area contributed by atoms with Crippen LogP contribution in [0.15, 0.2) is 36.4 Å². The Bertz CT molecular complexity index is 596. The van der Waals surface area contributed by atoms with Crippen molar-refractivity contribution in [3.05, 3.63) is 47.5 Å². The van der Waals surface area contributed by atoms with E-state index >= 15 is 0 Å². The summed E-state index contributed by atoms with van der Waals surface area (Å²) in [6, 6.07) is 12.0. The van der Waals surface area contributed by atoms with Gasteiger partial charge in [-0.3, -0.25) is 0 Å². The number of terminal acetylenes is 1. The molecule has 0 unspecified atom stereocenters. The summed E-state index contributed by atoms with van der Waals surface area (Å²) < 4.78 is 0. The topological polar surface area (TPSA) is 0 Å². The van der Waals surface area contributed by atoms with Crippen molar-refractivity contribution >= 4 is 10.8 Å². The molecule has 0 bridgehead atoms. The van der Waals surface area contributed by atoms with Crippen molar-refractivity contribution in [2.24, 2.45) is 0 Å². The third-order valence-electron chi connectivity index (χ3n) is 2.32. The molecule has 70 valence electrons. The minimum atomic E-state index is 0.908. The monoisotopic (exact) mass is 190 g/mol. The predicted molar refractivity (Wildman–Crippen MR) is 64.4 cm³/mol. The predicted octanol–water partition coefficient (Wildman–Crippen LogP) is 3.19. The van der Waals surface area contributed by atoms with E-state index in [0.717, 1.165) is 21.9 Å². The fraction of sp³-hybridized carbons (Fsp3) is 0.0667. The van der Waals surface area contributed by atoms with Crippen molar-refractivity contribution < 1.29 is 0 Å². The summed E-state index contributed by atoms with van der Waals surface area (Å²) in [6.45, 7) is 1.83. The fourth-order valence-electron chi connectivity index (χ4n) is 1.70. The summed E-state index contributed by atoms with van der Waals surface area (Å²) in [4.78, 5) is 0. The molecule has 15 heavy (non-hydrogen) atoms. The van der Waals surface area contributed by atoms with Gasteiger partial charge in [0.15, 0.2) is 0 Å². The first kappa shape index (κ1) is 9.38. The molecule has 0 aliphatic rings. The SMILES string of the molecule is C#Cc1cccc2cccc(C#CC)c12. The molecular weight excluding hydrogens is 180 g/mol. The first-order chi connectivity index (χ1) is 7.36. The molecule has 0 N–H and O–H groups in total. The number of rotatable bonds is 0. The molecule has 0 saturated heterocycles. The van der Waals surface area contributed by atoms with Crippen LogP contribution in [0.1, 0.15) is 18.1 Å². The maximum absolute atomic E-state index is 5.48. The zero-order valence-corrected chi connectivity index (χ0v) is 8.54. The van der Waals surface area contributed by atoms with Crippen LogP contribution in [0.2, 0.25) is 0 Å². The van der Waals surface area contributed by atoms with Crippen LogP contribution in [0.5, 0.6) is 0 Å². The summed E-state index contributed by atoms with van der Waals surface area (Å²) in [5.74, 6) is 8.69. The Hall–Kier alpha value is -2.18. The maximum Gasteiger partial charge on any atom is 0.0336 e. The van der Waals surface area contributed by atoms with E-state index in [1.807, 2.05) is 31.2 Å². The van der Waals surface area contributed by atoms with Crippen LogP contribution >= 0.6 is 0 Å². The number of benzene rings is 2. The van der Waals surface area contributed by atoms with Gasteiger partial charge in [-0.25, -0.2) is 0 Å². The second-order valence-electron chi connectivity index (χ2n) is 3.23. The molecule has 0 amide bonds. The lowest BCUT2D eigenvalue weighted by Crippen LogP contribution is -1.84. The zero-order valence-electron chi connectivity index (χ0n) is 8.54. The molecule has 0 radical (unpaired) electrons. The van der Waals surface area contributed by atoms with Gasteiger partial charge in [0.25, 0.3) is 0 Å². The summed E-state index contributed by atoms with van der Waals surface area (Å²) >= 11 is 0. The van der Waals surface area contributed by atoms with Crippen molar-refractivity contribution in [1.82, 2.24) is 0 Å². The normalized spacial score (nSPS) is 9.07. The minimum Gasteiger partial charge on any atom is -0.115 e. The fourth-order valence-corrected chi connectivity index (χ4v) is 1.70. The quantitative estimate of drug-likeness (QED) is 0.560. The van der Waals surface area contributed by atoms with Gasteiger partial charge < -0.3 is 0 Å². The Balaban J connectivity index is 2.92. The van der Waals surface area contributed by atoms with E-state index in [4.69, 9.17) is 6.42 Å². The lowest BCUT2D eigenvalue weighted by Gasteiger charge is -2.03. The second kappa shape index (κ2) is 3.91. The second-order valence-corrected chi connectivity index (χ2v) is 3.23. The third kappa shape index (κ3) is 1.58. The molecule has 2 aromatic carbocycles. The highest BCUT2D eigenvalue weighted by molar-refractivity contribution is 5.93. The minimum absolute atomic E-state index is 0.908. The molecule has 0 saturated carbocycles. The van der Waals surface area contributed by atoms with Gasteiger partial charge in [0.05, 0.1) is 0 Å². The van der Waals surface area contributed by atoms with Crippen LogP contribution in [0, 0.1) is 24.2 Å². The molecule has 0 nitrogen and oxygen atoms in total. The average Bonchev–Trinajstić information content (AvgIpc) is 2.29. The average molecular weight is 190 g/mol. The Morgan fingerprint density at radius 1 is 1.00 bits per heavy atom. The molecule has 0 heterocycles. The Labute approximate surface area is 89.9 Å². The summed E-state index contributed by atoms with van der Waals surface area (Å²) in [5, 5.41) is 2.22. The van der Waals surface area contributed by atoms with Gasteiger partial charge >= 0.3 is 0 Å². The van der Waals surface area contributed by atoms with E-state index in [1.54, 1.807) is 0 Å². The highest BCUT2D eigenvalue weighted by Gasteiger charge is 2.01. The van der Waals surface area contributed by atoms with Crippen molar-refractivity contribution in [2.75, 3.05) is 0 Å². The van der Waals surface area contributed by atoms with Gasteiger partial charge in [0.2, 0.25) is 0 Å². The van der Waals surface area contributed by atoms with E-state index in [9.17, 15) is 0 Å². The van der Waals surface area contributed by atoms with Gasteiger partial charge in [0.1, 0.15) is 0 Å². The summed E-state index contributed by atoms with van der Waals surface area (Å²) in [6.07, 6.45) is 5.48. The summed E-state index contributed by atoms with van der Waals surface area (Å²) in [5.41, 5.74) is 1.91. The van der Waals surface area contributed by atoms with Crippen molar-refractivity contribution in [3.8, 4) is 24.2 Å². The summed E-state index contributed by atoms with van der Waals surface area (Å²) in [7, 11) is 0. The van der Waals surface area contributed by atoms with Crippen LogP contribution in [-0.4, -0.2) is 0 Å². The smallest absolute Gasteiger partial charge is 0.0336 e. The number of hydrogen-bond donors (Lipinski definition) is 0. The lowest BCUT2D eigenvalue weighted by atomic mass is 10.00. The van der Waals surface area contributed by atoms with E-state index in [0.29, 0.717) is 0 Å². The molecule has 2 rings (SSSR count). The third-order valence-corrected chi connectivity index (χ3v) is 2.32. The highest BCUT2D eigenvalue weighted by atomic mass is 14.0. The molecule has 0 fully saturated rings. The number of hydrogen-bond acceptors (Lipinski definition) is 0. The van der Waals surface area contributed by atoms with E-state index < -0.39 is 0 Å². The molecule has 0 aromatic heterocycles. The van der Waals surface area contributed by atoms with Gasteiger partial charge in [0, 0.05) is 16.5 Å². The number of fused-ring (bicyclic) bond motifs is 1. The molecule has 0 aliphatic heterocycles. The largest absolute Gasteiger partial charge is 0.115 e. The van der Waals surface area contributed by atoms with Crippen molar-refractivity contribution in [2.45, 2.75) is 6.92 Å². The van der Waals surface area contributed by atoms with Gasteiger partial charge in [-0.1, -0.05) is 36.1 Å².